The number of hydrogen-bond acceptors (Lipinski definition) is 5. The van der Waals surface area contributed by atoms with Gasteiger partial charge in [-0.1, -0.05) is 35.5 Å². The molecule has 1 aromatic carbocycles. The Kier molecular flexibility index (Phi) is 3.58. The van der Waals surface area contributed by atoms with Crippen molar-refractivity contribution in [2.45, 2.75) is 23.9 Å². The molecular weight excluding hydrogens is 332 g/mol. The van der Waals surface area contributed by atoms with Gasteiger partial charge in [-0.15, -0.1) is 5.10 Å². The molecule has 3 aromatic rings. The number of nitrogens with zero attached hydrogens (tertiary/aromatic N) is 4. The van der Waals surface area contributed by atoms with Crippen LogP contribution in [0.25, 0.3) is 5.78 Å². The Morgan fingerprint density at radius 1 is 1.30 bits per heavy atom. The fraction of sp³-hybridized carbons (Fsp3) is 0.250. The van der Waals surface area contributed by atoms with Gasteiger partial charge in [-0.3, -0.25) is 4.79 Å². The Hall–Kier alpha value is -1.92. The highest BCUT2D eigenvalue weighted by molar-refractivity contribution is 7.98. The van der Waals surface area contributed by atoms with Crippen molar-refractivity contribution >= 4 is 34.9 Å². The Labute approximate surface area is 142 Å². The number of ketones is 1. The number of aromatic nitrogens is 4. The molecule has 0 saturated heterocycles. The lowest BCUT2D eigenvalue weighted by molar-refractivity contribution is 0.0962. The molecule has 0 amide bonds. The van der Waals surface area contributed by atoms with Crippen LogP contribution in [0, 0.1) is 0 Å². The second-order valence-electron chi connectivity index (χ2n) is 5.53. The first-order valence-electron chi connectivity index (χ1n) is 7.23. The van der Waals surface area contributed by atoms with Gasteiger partial charge in [-0.25, -0.2) is 9.50 Å². The van der Waals surface area contributed by atoms with E-state index < -0.39 is 0 Å². The van der Waals surface area contributed by atoms with Gasteiger partial charge in [0.1, 0.15) is 0 Å². The van der Waals surface area contributed by atoms with Crippen molar-refractivity contribution in [1.82, 2.24) is 19.6 Å². The summed E-state index contributed by atoms with van der Waals surface area (Å²) >= 11 is 7.53. The van der Waals surface area contributed by atoms with Gasteiger partial charge in [0.05, 0.1) is 11.3 Å². The third kappa shape index (κ3) is 2.62. The Morgan fingerprint density at radius 3 is 2.96 bits per heavy atom. The Bertz CT molecular complexity index is 924. The summed E-state index contributed by atoms with van der Waals surface area (Å²) in [6.07, 6.45) is 4.83. The van der Waals surface area contributed by atoms with Crippen LogP contribution in [0.5, 0.6) is 0 Å². The second kappa shape index (κ2) is 5.62. The summed E-state index contributed by atoms with van der Waals surface area (Å²) in [6.45, 7) is 0. The number of carbonyl (C=O) groups excluding carboxylic acids is 1. The highest BCUT2D eigenvalue weighted by Crippen LogP contribution is 2.33. The SMILES string of the molecule is CSc1nc2nc3c(cn2n1)C(=O)C[C@H](c1cccc(Cl)c1)C3. The second-order valence-corrected chi connectivity index (χ2v) is 6.74. The molecule has 4 rings (SSSR count). The maximum Gasteiger partial charge on any atom is 0.253 e. The molecule has 0 fully saturated rings. The van der Waals surface area contributed by atoms with Gasteiger partial charge >= 0.3 is 0 Å². The molecule has 2 heterocycles. The number of thioether (sulfide) groups is 1. The average Bonchev–Trinajstić information content (AvgIpc) is 2.95. The van der Waals surface area contributed by atoms with E-state index in [4.69, 9.17) is 11.6 Å². The number of fused-ring (bicyclic) bond motifs is 2. The Balaban J connectivity index is 1.77. The summed E-state index contributed by atoms with van der Waals surface area (Å²) in [5.74, 6) is 0.728. The molecule has 0 radical (unpaired) electrons. The number of rotatable bonds is 2. The number of carbonyl (C=O) groups is 1. The first-order chi connectivity index (χ1) is 11.1. The van der Waals surface area contributed by atoms with Gasteiger partial charge < -0.3 is 0 Å². The highest BCUT2D eigenvalue weighted by Gasteiger charge is 2.28. The molecule has 0 N–H and O–H groups in total. The maximum absolute atomic E-state index is 12.5. The summed E-state index contributed by atoms with van der Waals surface area (Å²) in [5, 5.41) is 5.64. The van der Waals surface area contributed by atoms with Crippen LogP contribution in [-0.4, -0.2) is 31.6 Å². The Morgan fingerprint density at radius 2 is 2.17 bits per heavy atom. The van der Waals surface area contributed by atoms with Crippen LogP contribution in [-0.2, 0) is 6.42 Å². The zero-order valence-corrected chi connectivity index (χ0v) is 13.9. The fourth-order valence-corrected chi connectivity index (χ4v) is 3.49. The molecular formula is C16H13ClN4OS. The van der Waals surface area contributed by atoms with Crippen molar-refractivity contribution in [2.24, 2.45) is 0 Å². The largest absolute Gasteiger partial charge is 0.294 e. The molecule has 0 bridgehead atoms. The molecule has 1 aliphatic carbocycles. The van der Waals surface area contributed by atoms with Gasteiger partial charge in [-0.2, -0.15) is 4.98 Å². The van der Waals surface area contributed by atoms with E-state index >= 15 is 0 Å². The topological polar surface area (TPSA) is 60.1 Å². The predicted octanol–water partition coefficient (Wildman–Crippen LogP) is 3.41. The molecule has 2 aromatic heterocycles. The number of Topliss-reactive ketones (excluding diaryl/α,β-unsaturated/α-hetero) is 1. The van der Waals surface area contributed by atoms with Crippen LogP contribution in [0.15, 0.2) is 35.6 Å². The van der Waals surface area contributed by atoms with E-state index in [2.05, 4.69) is 15.1 Å². The lowest BCUT2D eigenvalue weighted by Crippen LogP contribution is -2.21. The fourth-order valence-electron chi connectivity index (χ4n) is 2.95. The van der Waals surface area contributed by atoms with Crippen LogP contribution in [0.1, 0.15) is 34.0 Å². The minimum atomic E-state index is 0.0897. The maximum atomic E-state index is 12.5. The molecule has 0 unspecified atom stereocenters. The van der Waals surface area contributed by atoms with E-state index in [1.54, 1.807) is 10.7 Å². The average molecular weight is 345 g/mol. The third-order valence-corrected chi connectivity index (χ3v) is 4.84. The number of hydrogen-bond donors (Lipinski definition) is 0. The minimum absolute atomic E-state index is 0.0897. The highest BCUT2D eigenvalue weighted by atomic mass is 35.5. The van der Waals surface area contributed by atoms with Crippen molar-refractivity contribution in [3.63, 3.8) is 0 Å². The van der Waals surface area contributed by atoms with Gasteiger partial charge in [0.15, 0.2) is 5.78 Å². The van der Waals surface area contributed by atoms with Crippen LogP contribution in [0.3, 0.4) is 0 Å². The zero-order valence-electron chi connectivity index (χ0n) is 12.4. The molecule has 1 aliphatic rings. The third-order valence-electron chi connectivity index (χ3n) is 4.07. The van der Waals surface area contributed by atoms with Crippen LogP contribution in [0.4, 0.5) is 0 Å². The first kappa shape index (κ1) is 14.7. The predicted molar refractivity (Wildman–Crippen MR) is 89.4 cm³/mol. The normalized spacial score (nSPS) is 17.5. The van der Waals surface area contributed by atoms with Gasteiger partial charge in [0, 0.05) is 17.6 Å². The van der Waals surface area contributed by atoms with Crippen molar-refractivity contribution in [3.05, 3.63) is 52.3 Å². The van der Waals surface area contributed by atoms with E-state index in [1.807, 2.05) is 30.5 Å². The van der Waals surface area contributed by atoms with E-state index in [1.165, 1.54) is 11.8 Å². The number of benzene rings is 1. The summed E-state index contributed by atoms with van der Waals surface area (Å²) in [4.78, 5) is 21.4. The van der Waals surface area contributed by atoms with Crippen LogP contribution in [0.2, 0.25) is 5.02 Å². The van der Waals surface area contributed by atoms with Gasteiger partial charge in [0.25, 0.3) is 5.78 Å². The summed E-state index contributed by atoms with van der Waals surface area (Å²) in [6, 6.07) is 7.69. The molecule has 116 valence electrons. The smallest absolute Gasteiger partial charge is 0.253 e. The van der Waals surface area contributed by atoms with E-state index in [0.717, 1.165) is 11.3 Å². The van der Waals surface area contributed by atoms with Crippen molar-refractivity contribution in [2.75, 3.05) is 6.26 Å². The van der Waals surface area contributed by atoms with Gasteiger partial charge in [0.2, 0.25) is 5.16 Å². The molecule has 0 aliphatic heterocycles. The summed E-state index contributed by atoms with van der Waals surface area (Å²) < 4.78 is 1.59. The van der Waals surface area contributed by atoms with Crippen LogP contribution < -0.4 is 0 Å². The molecule has 23 heavy (non-hydrogen) atoms. The first-order valence-corrected chi connectivity index (χ1v) is 8.83. The van der Waals surface area contributed by atoms with Crippen molar-refractivity contribution in [1.29, 1.82) is 0 Å². The van der Waals surface area contributed by atoms with E-state index in [0.29, 0.717) is 34.4 Å². The standard InChI is InChI=1S/C16H13ClN4OS/c1-23-16-19-15-18-13-6-10(9-3-2-4-11(17)5-9)7-14(22)12(13)8-21(15)20-16/h2-5,8,10H,6-7H2,1H3/t10-/m1/s1. The van der Waals surface area contributed by atoms with E-state index in [9.17, 15) is 4.79 Å². The monoisotopic (exact) mass is 344 g/mol. The lowest BCUT2D eigenvalue weighted by atomic mass is 9.82. The summed E-state index contributed by atoms with van der Waals surface area (Å²) in [5.41, 5.74) is 2.51. The van der Waals surface area contributed by atoms with Crippen molar-refractivity contribution in [3.8, 4) is 0 Å². The molecule has 1 atom stereocenters. The number of halogens is 1. The van der Waals surface area contributed by atoms with Crippen molar-refractivity contribution < 1.29 is 4.79 Å². The quantitative estimate of drug-likeness (QED) is 0.667. The summed E-state index contributed by atoms with van der Waals surface area (Å²) in [7, 11) is 0. The van der Waals surface area contributed by atoms with Gasteiger partial charge in [-0.05, 0) is 36.3 Å². The molecule has 5 nitrogen and oxygen atoms in total. The minimum Gasteiger partial charge on any atom is -0.294 e. The van der Waals surface area contributed by atoms with Crippen LogP contribution >= 0.6 is 23.4 Å². The lowest BCUT2D eigenvalue weighted by Gasteiger charge is -2.23. The molecule has 7 heteroatoms. The molecule has 0 spiro atoms. The molecule has 0 saturated carbocycles. The van der Waals surface area contributed by atoms with E-state index in [-0.39, 0.29) is 11.7 Å². The zero-order chi connectivity index (χ0) is 16.0.